The van der Waals surface area contributed by atoms with E-state index in [9.17, 15) is 0 Å². The van der Waals surface area contributed by atoms with Crippen molar-refractivity contribution < 1.29 is 0 Å². The molecule has 0 amide bonds. The molecule has 2 heterocycles. The molecular weight excluding hydrogens is 328 g/mol. The molecule has 2 N–H and O–H groups in total. The smallest absolute Gasteiger partial charge is 0.0649 e. The van der Waals surface area contributed by atoms with E-state index in [1.165, 1.54) is 24.4 Å². The van der Waals surface area contributed by atoms with Crippen molar-refractivity contribution in [3.05, 3.63) is 59.7 Å². The van der Waals surface area contributed by atoms with Crippen LogP contribution in [0.1, 0.15) is 4.88 Å². The average molecular weight is 345 g/mol. The lowest BCUT2D eigenvalue weighted by atomic mass is 10.1. The maximum atomic E-state index is 5.69. The summed E-state index contributed by atoms with van der Waals surface area (Å²) in [7, 11) is 0. The molecule has 112 valence electrons. The zero-order valence-electron chi connectivity index (χ0n) is 12.2. The predicted molar refractivity (Wildman–Crippen MR) is 97.8 cm³/mol. The summed E-state index contributed by atoms with van der Waals surface area (Å²) in [5, 5.41) is 0. The minimum absolute atomic E-state index is 0.608. The van der Waals surface area contributed by atoms with Crippen LogP contribution in [0.4, 0.5) is 0 Å². The van der Waals surface area contributed by atoms with Crippen molar-refractivity contribution in [2.45, 2.75) is 20.5 Å². The van der Waals surface area contributed by atoms with Gasteiger partial charge in [-0.25, -0.2) is 0 Å². The van der Waals surface area contributed by atoms with Gasteiger partial charge in [0, 0.05) is 39.2 Å². The Kier molecular flexibility index (Phi) is 5.20. The Hall–Kier alpha value is -1.27. The molecule has 0 unspecified atom stereocenters. The van der Waals surface area contributed by atoms with Gasteiger partial charge in [-0.2, -0.15) is 0 Å². The number of nitrogens with zero attached hydrogens (tertiary/aromatic N) is 1. The Morgan fingerprint density at radius 3 is 2.64 bits per heavy atom. The van der Waals surface area contributed by atoms with E-state index in [4.69, 9.17) is 5.73 Å². The highest BCUT2D eigenvalue weighted by atomic mass is 32.2. The number of rotatable bonds is 5. The highest BCUT2D eigenvalue weighted by Gasteiger charge is 2.06. The van der Waals surface area contributed by atoms with E-state index < -0.39 is 0 Å². The Bertz CT molecular complexity index is 754. The Labute approximate surface area is 143 Å². The maximum Gasteiger partial charge on any atom is 0.0649 e. The Morgan fingerprint density at radius 1 is 1.09 bits per heavy atom. The van der Waals surface area contributed by atoms with Crippen molar-refractivity contribution in [1.82, 2.24) is 4.98 Å². The van der Waals surface area contributed by atoms with Crippen LogP contribution in [-0.2, 0) is 6.54 Å². The summed E-state index contributed by atoms with van der Waals surface area (Å²) in [6, 6.07) is 15.0. The molecule has 0 saturated carbocycles. The molecule has 0 fully saturated rings. The molecule has 1 aromatic carbocycles. The molecule has 0 bridgehead atoms. The van der Waals surface area contributed by atoms with Crippen molar-refractivity contribution in [3.63, 3.8) is 0 Å². The van der Waals surface area contributed by atoms with Crippen molar-refractivity contribution in [1.29, 1.82) is 0 Å². The van der Waals surface area contributed by atoms with Gasteiger partial charge in [-0.3, -0.25) is 4.98 Å². The maximum absolute atomic E-state index is 5.69. The fourth-order valence-electron chi connectivity index (χ4n) is 2.09. The Balaban J connectivity index is 1.93. The summed E-state index contributed by atoms with van der Waals surface area (Å²) < 4.78 is 1.27. The molecule has 22 heavy (non-hydrogen) atoms. The number of hydrogen-bond acceptors (Lipinski definition) is 5. The first-order chi connectivity index (χ1) is 10.8. The van der Waals surface area contributed by atoms with E-state index in [1.807, 2.05) is 12.3 Å². The number of aromatic nitrogens is 1. The largest absolute Gasteiger partial charge is 0.326 e. The number of nitrogens with two attached hydrogens (primary N) is 1. The second kappa shape index (κ2) is 7.33. The number of thioether (sulfide) groups is 1. The molecule has 0 aliphatic heterocycles. The second-order valence-corrected chi connectivity index (χ2v) is 8.09. The van der Waals surface area contributed by atoms with Crippen molar-refractivity contribution in [3.8, 4) is 11.1 Å². The van der Waals surface area contributed by atoms with Gasteiger partial charge in [0.05, 0.1) is 4.21 Å². The average Bonchev–Trinajstić information content (AvgIpc) is 3.03. The van der Waals surface area contributed by atoms with Gasteiger partial charge in [0.2, 0.25) is 0 Å². The van der Waals surface area contributed by atoms with Crippen LogP contribution in [0, 0.1) is 0 Å². The van der Waals surface area contributed by atoms with Crippen LogP contribution in [0.5, 0.6) is 0 Å². The first kappa shape index (κ1) is 15.6. The third-order valence-electron chi connectivity index (χ3n) is 3.17. The van der Waals surface area contributed by atoms with E-state index in [-0.39, 0.29) is 0 Å². The van der Waals surface area contributed by atoms with Crippen LogP contribution in [-0.4, -0.2) is 11.2 Å². The topological polar surface area (TPSA) is 38.9 Å². The van der Waals surface area contributed by atoms with E-state index in [1.54, 1.807) is 41.1 Å². The summed E-state index contributed by atoms with van der Waals surface area (Å²) in [6.07, 6.45) is 5.82. The van der Waals surface area contributed by atoms with Gasteiger partial charge < -0.3 is 5.73 Å². The van der Waals surface area contributed by atoms with Crippen LogP contribution in [0.2, 0.25) is 0 Å². The van der Waals surface area contributed by atoms with Gasteiger partial charge >= 0.3 is 0 Å². The van der Waals surface area contributed by atoms with Crippen molar-refractivity contribution >= 4 is 34.9 Å². The highest BCUT2D eigenvalue weighted by molar-refractivity contribution is 8.01. The second-order valence-electron chi connectivity index (χ2n) is 4.67. The van der Waals surface area contributed by atoms with Gasteiger partial charge in [0.25, 0.3) is 0 Å². The number of pyridine rings is 1. The molecule has 0 spiro atoms. The molecule has 0 aliphatic rings. The molecule has 0 radical (unpaired) electrons. The molecule has 2 aromatic heterocycles. The van der Waals surface area contributed by atoms with E-state index in [2.05, 4.69) is 47.6 Å². The Morgan fingerprint density at radius 2 is 1.95 bits per heavy atom. The summed E-state index contributed by atoms with van der Waals surface area (Å²) in [5.41, 5.74) is 8.05. The zero-order valence-corrected chi connectivity index (χ0v) is 14.6. The van der Waals surface area contributed by atoms with Crippen LogP contribution in [0.3, 0.4) is 0 Å². The first-order valence-corrected chi connectivity index (χ1v) is 9.70. The molecule has 3 aromatic rings. The molecule has 0 atom stereocenters. The van der Waals surface area contributed by atoms with Crippen LogP contribution in [0.15, 0.2) is 68.9 Å². The van der Waals surface area contributed by atoms with Crippen LogP contribution < -0.4 is 5.73 Å². The minimum Gasteiger partial charge on any atom is -0.326 e. The predicted octanol–water partition coefficient (Wildman–Crippen LogP) is 5.14. The fraction of sp³-hybridized carbons (Fsp3) is 0.118. The van der Waals surface area contributed by atoms with Gasteiger partial charge in [-0.05, 0) is 48.2 Å². The highest BCUT2D eigenvalue weighted by Crippen LogP contribution is 2.37. The van der Waals surface area contributed by atoms with E-state index >= 15 is 0 Å². The summed E-state index contributed by atoms with van der Waals surface area (Å²) in [6.45, 7) is 0.608. The van der Waals surface area contributed by atoms with Gasteiger partial charge in [0.1, 0.15) is 0 Å². The van der Waals surface area contributed by atoms with E-state index in [0.717, 1.165) is 5.56 Å². The van der Waals surface area contributed by atoms with Gasteiger partial charge in [-0.15, -0.1) is 23.1 Å². The fourth-order valence-corrected chi connectivity index (χ4v) is 4.78. The molecule has 0 saturated heterocycles. The minimum atomic E-state index is 0.608. The summed E-state index contributed by atoms with van der Waals surface area (Å²) in [5.74, 6) is 0. The number of thiophene rings is 1. The van der Waals surface area contributed by atoms with E-state index in [0.29, 0.717) is 6.54 Å². The number of benzene rings is 1. The van der Waals surface area contributed by atoms with Gasteiger partial charge in [0.15, 0.2) is 0 Å². The molecule has 0 aliphatic carbocycles. The van der Waals surface area contributed by atoms with Crippen LogP contribution >= 0.6 is 34.9 Å². The lowest BCUT2D eigenvalue weighted by molar-refractivity contribution is 1.11. The molecule has 3 rings (SSSR count). The first-order valence-electron chi connectivity index (χ1n) is 6.84. The lowest BCUT2D eigenvalue weighted by Crippen LogP contribution is -1.90. The third kappa shape index (κ3) is 3.73. The summed E-state index contributed by atoms with van der Waals surface area (Å²) in [4.78, 5) is 7.95. The molecular formula is C17H16N2S3. The zero-order chi connectivity index (χ0) is 15.4. The van der Waals surface area contributed by atoms with Crippen LogP contribution in [0.25, 0.3) is 11.1 Å². The SMILES string of the molecule is CSc1cc(Sc2ccc(CN)s2)cc(-c2cccnc2)c1. The quantitative estimate of drug-likeness (QED) is 0.650. The van der Waals surface area contributed by atoms with Crippen molar-refractivity contribution in [2.24, 2.45) is 5.73 Å². The summed E-state index contributed by atoms with van der Waals surface area (Å²) >= 11 is 5.31. The third-order valence-corrected chi connectivity index (χ3v) is 6.09. The van der Waals surface area contributed by atoms with Crippen molar-refractivity contribution in [2.75, 3.05) is 6.26 Å². The number of hydrogen-bond donors (Lipinski definition) is 1. The molecule has 2 nitrogen and oxygen atoms in total. The normalized spacial score (nSPS) is 10.8. The molecule has 5 heteroatoms. The monoisotopic (exact) mass is 344 g/mol. The lowest BCUT2D eigenvalue weighted by Gasteiger charge is -2.08. The van der Waals surface area contributed by atoms with Gasteiger partial charge in [-0.1, -0.05) is 17.8 Å². The standard InChI is InChI=1S/C17H16N2S3/c1-20-15-7-13(12-3-2-6-19-11-12)8-16(9-15)22-17-5-4-14(10-18)21-17/h2-9,11H,10,18H2,1H3.